The Morgan fingerprint density at radius 1 is 1.00 bits per heavy atom. The summed E-state index contributed by atoms with van der Waals surface area (Å²) in [6, 6.07) is 5.18. The van der Waals surface area contributed by atoms with Crippen molar-refractivity contribution >= 4 is 23.7 Å². The lowest BCUT2D eigenvalue weighted by Gasteiger charge is -2.29. The molecular weight excluding hydrogens is 384 g/mol. The highest BCUT2D eigenvalue weighted by Crippen LogP contribution is 2.24. The Morgan fingerprint density at radius 3 is 2.57 bits per heavy atom. The lowest BCUT2D eigenvalue weighted by molar-refractivity contribution is -0.148. The predicted molar refractivity (Wildman–Crippen MR) is 111 cm³/mol. The number of fused-ring (bicyclic) bond motifs is 1. The number of rotatable bonds is 7. The van der Waals surface area contributed by atoms with Gasteiger partial charge in [0.15, 0.2) is 12.4 Å². The van der Waals surface area contributed by atoms with Crippen molar-refractivity contribution in [3.63, 3.8) is 0 Å². The molecule has 7 nitrogen and oxygen atoms in total. The number of amides is 3. The van der Waals surface area contributed by atoms with Crippen LogP contribution in [0, 0.1) is 5.92 Å². The summed E-state index contributed by atoms with van der Waals surface area (Å²) in [5, 5.41) is 4.99. The lowest BCUT2D eigenvalue weighted by Crippen LogP contribution is -2.48. The number of Topliss-reactive ketones (excluding diaryl/α,β-unsaturated/α-hetero) is 1. The zero-order valence-corrected chi connectivity index (χ0v) is 17.5. The molecule has 1 fully saturated rings. The molecule has 7 heteroatoms. The van der Waals surface area contributed by atoms with E-state index in [1.54, 1.807) is 6.07 Å². The number of hydrogen-bond donors (Lipinski definition) is 2. The normalized spacial score (nSPS) is 20.2. The van der Waals surface area contributed by atoms with Gasteiger partial charge in [-0.15, -0.1) is 0 Å². The Hall–Kier alpha value is -2.70. The maximum Gasteiger partial charge on any atom is 0.321 e. The van der Waals surface area contributed by atoms with Crippen LogP contribution in [0.25, 0.3) is 0 Å². The Bertz CT molecular complexity index is 820. The third-order valence-electron chi connectivity index (χ3n) is 6.02. The number of imide groups is 1. The van der Waals surface area contributed by atoms with Gasteiger partial charge in [0.2, 0.25) is 0 Å². The van der Waals surface area contributed by atoms with E-state index in [1.807, 2.05) is 12.1 Å². The first kappa shape index (κ1) is 22.0. The van der Waals surface area contributed by atoms with Gasteiger partial charge in [0.25, 0.3) is 5.91 Å². The molecule has 30 heavy (non-hydrogen) atoms. The highest BCUT2D eigenvalue weighted by atomic mass is 16.5. The molecule has 0 saturated heterocycles. The summed E-state index contributed by atoms with van der Waals surface area (Å²) in [7, 11) is 0. The van der Waals surface area contributed by atoms with Crippen LogP contribution in [0.3, 0.4) is 0 Å². The van der Waals surface area contributed by atoms with Crippen LogP contribution in [0.1, 0.15) is 73.4 Å². The van der Waals surface area contributed by atoms with Crippen molar-refractivity contribution in [2.45, 2.75) is 70.8 Å². The number of urea groups is 1. The second-order valence-electron chi connectivity index (χ2n) is 8.31. The second kappa shape index (κ2) is 10.4. The molecule has 1 aromatic rings. The largest absolute Gasteiger partial charge is 0.456 e. The van der Waals surface area contributed by atoms with Crippen molar-refractivity contribution in [1.29, 1.82) is 0 Å². The summed E-state index contributed by atoms with van der Waals surface area (Å²) >= 11 is 0. The summed E-state index contributed by atoms with van der Waals surface area (Å²) in [6.45, 7) is 1.54. The van der Waals surface area contributed by atoms with Gasteiger partial charge >= 0.3 is 12.0 Å². The zero-order valence-electron chi connectivity index (χ0n) is 17.5. The van der Waals surface area contributed by atoms with Crippen LogP contribution < -0.4 is 10.6 Å². The summed E-state index contributed by atoms with van der Waals surface area (Å²) in [5.74, 6) is -1.07. The van der Waals surface area contributed by atoms with Gasteiger partial charge in [0.05, 0.1) is 6.42 Å². The van der Waals surface area contributed by atoms with Crippen molar-refractivity contribution in [3.8, 4) is 0 Å². The molecule has 3 amide bonds. The van der Waals surface area contributed by atoms with E-state index in [2.05, 4.69) is 17.6 Å². The Balaban J connectivity index is 1.34. The number of carbonyl (C=O) groups is 4. The molecule has 2 aliphatic rings. The SMILES string of the molecule is C[C@H]1CCCC[C@H]1NC(=O)NC(=O)COC(=O)CCC(=O)c1ccc2c(c1)CCC2. The minimum Gasteiger partial charge on any atom is -0.456 e. The molecule has 2 atom stereocenters. The number of carbonyl (C=O) groups excluding carboxylic acids is 4. The first-order valence-corrected chi connectivity index (χ1v) is 10.8. The number of aryl methyl sites for hydroxylation is 2. The molecule has 0 spiro atoms. The molecule has 3 rings (SSSR count). The van der Waals surface area contributed by atoms with Crippen LogP contribution in [0.4, 0.5) is 4.79 Å². The average Bonchev–Trinajstić information content (AvgIpc) is 3.20. The van der Waals surface area contributed by atoms with Gasteiger partial charge in [-0.05, 0) is 55.2 Å². The maximum absolute atomic E-state index is 12.3. The number of benzene rings is 1. The predicted octanol–water partition coefficient (Wildman–Crippen LogP) is 3.09. The van der Waals surface area contributed by atoms with Gasteiger partial charge in [-0.2, -0.15) is 0 Å². The van der Waals surface area contributed by atoms with E-state index >= 15 is 0 Å². The summed E-state index contributed by atoms with van der Waals surface area (Å²) in [4.78, 5) is 47.9. The molecule has 162 valence electrons. The average molecular weight is 415 g/mol. The smallest absolute Gasteiger partial charge is 0.321 e. The van der Waals surface area contributed by atoms with Crippen molar-refractivity contribution in [3.05, 3.63) is 34.9 Å². The van der Waals surface area contributed by atoms with E-state index in [4.69, 9.17) is 4.74 Å². The summed E-state index contributed by atoms with van der Waals surface area (Å²) in [6.07, 6.45) is 7.25. The molecule has 0 heterocycles. The number of esters is 1. The second-order valence-corrected chi connectivity index (χ2v) is 8.31. The van der Waals surface area contributed by atoms with Crippen LogP contribution in [-0.2, 0) is 27.2 Å². The quantitative estimate of drug-likeness (QED) is 0.527. The van der Waals surface area contributed by atoms with E-state index in [0.29, 0.717) is 11.5 Å². The van der Waals surface area contributed by atoms with Gasteiger partial charge in [-0.1, -0.05) is 31.9 Å². The third-order valence-corrected chi connectivity index (χ3v) is 6.02. The first-order valence-electron chi connectivity index (χ1n) is 10.8. The molecule has 0 bridgehead atoms. The highest BCUT2D eigenvalue weighted by molar-refractivity contribution is 5.98. The minimum atomic E-state index is -0.686. The third kappa shape index (κ3) is 6.15. The Labute approximate surface area is 176 Å². The fraction of sp³-hybridized carbons (Fsp3) is 0.565. The zero-order chi connectivity index (χ0) is 21.5. The summed E-state index contributed by atoms with van der Waals surface area (Å²) < 4.78 is 4.89. The topological polar surface area (TPSA) is 102 Å². The van der Waals surface area contributed by atoms with Crippen LogP contribution in [0.5, 0.6) is 0 Å². The number of ether oxygens (including phenoxy) is 1. The molecule has 2 N–H and O–H groups in total. The first-order chi connectivity index (χ1) is 14.4. The van der Waals surface area contributed by atoms with Gasteiger partial charge in [0, 0.05) is 18.0 Å². The monoisotopic (exact) mass is 414 g/mol. The van der Waals surface area contributed by atoms with Gasteiger partial charge in [-0.3, -0.25) is 19.7 Å². The van der Waals surface area contributed by atoms with E-state index in [1.165, 1.54) is 11.1 Å². The van der Waals surface area contributed by atoms with Gasteiger partial charge in [-0.25, -0.2) is 4.79 Å². The number of hydrogen-bond acceptors (Lipinski definition) is 5. The summed E-state index contributed by atoms with van der Waals surface area (Å²) in [5.41, 5.74) is 3.11. The number of nitrogens with one attached hydrogen (secondary N) is 2. The van der Waals surface area contributed by atoms with Crippen LogP contribution in [0.2, 0.25) is 0 Å². The van der Waals surface area contributed by atoms with Crippen LogP contribution >= 0.6 is 0 Å². The van der Waals surface area contributed by atoms with Crippen molar-refractivity contribution in [2.75, 3.05) is 6.61 Å². The van der Waals surface area contributed by atoms with E-state index in [9.17, 15) is 19.2 Å². The van der Waals surface area contributed by atoms with Gasteiger partial charge in [0.1, 0.15) is 0 Å². The molecule has 0 aromatic heterocycles. The van der Waals surface area contributed by atoms with Crippen LogP contribution in [0.15, 0.2) is 18.2 Å². The molecule has 1 saturated carbocycles. The molecular formula is C23H30N2O5. The maximum atomic E-state index is 12.3. The molecule has 1 aromatic carbocycles. The van der Waals surface area contributed by atoms with Crippen molar-refractivity contribution < 1.29 is 23.9 Å². The Morgan fingerprint density at radius 2 is 1.77 bits per heavy atom. The Kier molecular flexibility index (Phi) is 7.60. The van der Waals surface area contributed by atoms with Crippen LogP contribution in [-0.4, -0.2) is 36.3 Å². The van der Waals surface area contributed by atoms with Crippen molar-refractivity contribution in [1.82, 2.24) is 10.6 Å². The van der Waals surface area contributed by atoms with E-state index in [-0.39, 0.29) is 24.7 Å². The van der Waals surface area contributed by atoms with Gasteiger partial charge < -0.3 is 10.1 Å². The fourth-order valence-electron chi connectivity index (χ4n) is 4.22. The molecule has 2 aliphatic carbocycles. The number of ketones is 1. The highest BCUT2D eigenvalue weighted by Gasteiger charge is 2.23. The molecule has 0 aliphatic heterocycles. The molecule has 0 unspecified atom stereocenters. The standard InChI is InChI=1S/C23H30N2O5/c1-15-5-2-3-8-19(15)24-23(29)25-21(27)14-30-22(28)12-11-20(26)18-10-9-16-6-4-7-17(16)13-18/h9-10,13,15,19H,2-8,11-12,14H2,1H3,(H2,24,25,27,29)/t15-,19+/m0/s1. The fourth-order valence-corrected chi connectivity index (χ4v) is 4.22. The van der Waals surface area contributed by atoms with Crippen molar-refractivity contribution in [2.24, 2.45) is 5.92 Å². The lowest BCUT2D eigenvalue weighted by atomic mass is 9.86. The molecule has 0 radical (unpaired) electrons. The van der Waals surface area contributed by atoms with E-state index in [0.717, 1.165) is 44.9 Å². The van der Waals surface area contributed by atoms with E-state index < -0.39 is 24.5 Å². The minimum absolute atomic E-state index is 0.0271.